The van der Waals surface area contributed by atoms with Crippen molar-refractivity contribution in [3.05, 3.63) is 95.9 Å². The van der Waals surface area contributed by atoms with Crippen LogP contribution in [0.1, 0.15) is 55.2 Å². The first kappa shape index (κ1) is 29.2. The maximum atomic E-state index is 6.30. The number of nitrogens with one attached hydrogen (secondary N) is 1. The molecule has 7 heteroatoms. The molecule has 2 aromatic carbocycles. The predicted molar refractivity (Wildman–Crippen MR) is 172 cm³/mol. The lowest BCUT2D eigenvalue weighted by Gasteiger charge is -2.32. The van der Waals surface area contributed by atoms with Crippen molar-refractivity contribution in [2.45, 2.75) is 45.1 Å². The van der Waals surface area contributed by atoms with Crippen LogP contribution in [-0.2, 0) is 6.54 Å². The van der Waals surface area contributed by atoms with Gasteiger partial charge in [-0.05, 0) is 54.6 Å². The monoisotopic (exact) mass is 559 g/mol. The normalized spacial score (nSPS) is 15.5. The Morgan fingerprint density at radius 1 is 0.762 bits per heavy atom. The lowest BCUT2D eigenvalue weighted by Crippen LogP contribution is -2.43. The zero-order chi connectivity index (χ0) is 29.0. The minimum atomic E-state index is 0.444. The summed E-state index contributed by atoms with van der Waals surface area (Å²) in [6, 6.07) is 20.1. The minimum Gasteiger partial charge on any atom is -0.383 e. The summed E-state index contributed by atoms with van der Waals surface area (Å²) in [6.07, 6.45) is 14.2. The lowest BCUT2D eigenvalue weighted by molar-refractivity contribution is 0.148. The van der Waals surface area contributed by atoms with Crippen molar-refractivity contribution in [1.29, 1.82) is 0 Å². The SMILES string of the molecule is C1CCCCC1.CN1CCN(Cc2ccc(-c3cnc(Nc4ccc(C#Cc5ccncc5)cc4)nc3N)cc2)CC1. The molecule has 7 nitrogen and oxygen atoms in total. The molecule has 0 atom stereocenters. The first-order valence-corrected chi connectivity index (χ1v) is 15.0. The number of rotatable bonds is 5. The fraction of sp³-hybridized carbons (Fsp3) is 0.343. The Hall–Kier alpha value is -4.25. The van der Waals surface area contributed by atoms with E-state index in [-0.39, 0.29) is 0 Å². The number of pyridine rings is 1. The summed E-state index contributed by atoms with van der Waals surface area (Å²) in [5, 5.41) is 3.21. The number of nitrogens with zero attached hydrogens (tertiary/aromatic N) is 5. The number of hydrogen-bond acceptors (Lipinski definition) is 7. The van der Waals surface area contributed by atoms with Crippen LogP contribution in [0.5, 0.6) is 0 Å². The molecule has 1 saturated heterocycles. The van der Waals surface area contributed by atoms with E-state index in [0.29, 0.717) is 11.8 Å². The molecular formula is C35H41N7. The standard InChI is InChI=1S/C29H29N7.C6H12/c1-35-16-18-36(19-17-35)21-24-4-8-25(9-5-24)27-20-32-29(34-28(27)30)33-26-10-6-22(7-11-26)2-3-23-12-14-31-15-13-23;1-2-4-6-5-3-1/h4-15,20H,16-19,21H2,1H3,(H3,30,32,33,34);1-6H2. The summed E-state index contributed by atoms with van der Waals surface area (Å²) >= 11 is 0. The maximum Gasteiger partial charge on any atom is 0.229 e. The number of aromatic nitrogens is 3. The number of nitrogen functional groups attached to an aromatic ring is 1. The van der Waals surface area contributed by atoms with E-state index in [1.807, 2.05) is 36.4 Å². The highest BCUT2D eigenvalue weighted by atomic mass is 15.2. The minimum absolute atomic E-state index is 0.444. The molecule has 0 unspecified atom stereocenters. The van der Waals surface area contributed by atoms with Gasteiger partial charge in [0, 0.05) is 73.7 Å². The van der Waals surface area contributed by atoms with E-state index in [1.165, 1.54) is 44.1 Å². The molecule has 0 radical (unpaired) electrons. The van der Waals surface area contributed by atoms with Gasteiger partial charge in [-0.25, -0.2) is 4.98 Å². The van der Waals surface area contributed by atoms with Crippen molar-refractivity contribution in [2.24, 2.45) is 0 Å². The van der Waals surface area contributed by atoms with Crippen molar-refractivity contribution in [2.75, 3.05) is 44.3 Å². The van der Waals surface area contributed by atoms with Crippen LogP contribution < -0.4 is 11.1 Å². The van der Waals surface area contributed by atoms with Gasteiger partial charge >= 0.3 is 0 Å². The molecule has 3 N–H and O–H groups in total. The second-order valence-electron chi connectivity index (χ2n) is 11.1. The van der Waals surface area contributed by atoms with Crippen molar-refractivity contribution < 1.29 is 0 Å². The van der Waals surface area contributed by atoms with Gasteiger partial charge in [0.25, 0.3) is 0 Å². The fourth-order valence-corrected chi connectivity index (χ4v) is 5.14. The number of anilines is 3. The third-order valence-corrected chi connectivity index (χ3v) is 7.76. The number of piperazine rings is 1. The molecule has 4 aromatic rings. The molecular weight excluding hydrogens is 518 g/mol. The van der Waals surface area contributed by atoms with E-state index in [0.717, 1.165) is 60.7 Å². The van der Waals surface area contributed by atoms with Gasteiger partial charge in [0.05, 0.1) is 0 Å². The summed E-state index contributed by atoms with van der Waals surface area (Å²) in [5.74, 6) is 7.18. The Morgan fingerprint density at radius 2 is 1.36 bits per heavy atom. The summed E-state index contributed by atoms with van der Waals surface area (Å²) < 4.78 is 0. The zero-order valence-corrected chi connectivity index (χ0v) is 24.6. The van der Waals surface area contributed by atoms with Crippen LogP contribution in [0.2, 0.25) is 0 Å². The van der Waals surface area contributed by atoms with Gasteiger partial charge in [0.2, 0.25) is 5.95 Å². The number of benzene rings is 2. The molecule has 1 aliphatic carbocycles. The van der Waals surface area contributed by atoms with Crippen LogP contribution in [0, 0.1) is 11.8 Å². The highest BCUT2D eigenvalue weighted by Crippen LogP contribution is 2.26. The molecule has 3 heterocycles. The Morgan fingerprint density at radius 3 is 1.95 bits per heavy atom. The van der Waals surface area contributed by atoms with E-state index < -0.39 is 0 Å². The number of likely N-dealkylation sites (N-methyl/N-ethyl adjacent to an activating group) is 1. The van der Waals surface area contributed by atoms with Crippen molar-refractivity contribution in [3.63, 3.8) is 0 Å². The first-order valence-electron chi connectivity index (χ1n) is 15.0. The fourth-order valence-electron chi connectivity index (χ4n) is 5.14. The molecule has 42 heavy (non-hydrogen) atoms. The number of nitrogens with two attached hydrogens (primary N) is 1. The van der Waals surface area contributed by atoms with Crippen LogP contribution in [0.25, 0.3) is 11.1 Å². The van der Waals surface area contributed by atoms with Gasteiger partial charge in [0.15, 0.2) is 0 Å². The molecule has 2 aliphatic rings. The van der Waals surface area contributed by atoms with E-state index in [2.05, 4.69) is 73.2 Å². The summed E-state index contributed by atoms with van der Waals surface area (Å²) in [6.45, 7) is 5.43. The molecule has 1 saturated carbocycles. The van der Waals surface area contributed by atoms with Gasteiger partial charge in [0.1, 0.15) is 5.82 Å². The molecule has 0 spiro atoms. The molecule has 2 aromatic heterocycles. The summed E-state index contributed by atoms with van der Waals surface area (Å²) in [5.41, 5.74) is 12.2. The van der Waals surface area contributed by atoms with Gasteiger partial charge in [-0.1, -0.05) is 74.6 Å². The molecule has 6 rings (SSSR count). The van der Waals surface area contributed by atoms with E-state index in [4.69, 9.17) is 5.73 Å². The number of hydrogen-bond donors (Lipinski definition) is 2. The highest BCUT2D eigenvalue weighted by Gasteiger charge is 2.14. The van der Waals surface area contributed by atoms with Crippen molar-refractivity contribution >= 4 is 17.5 Å². The van der Waals surface area contributed by atoms with Crippen LogP contribution in [0.15, 0.2) is 79.3 Å². The molecule has 216 valence electrons. The first-order chi connectivity index (χ1) is 20.6. The molecule has 0 bridgehead atoms. The zero-order valence-electron chi connectivity index (χ0n) is 24.6. The third kappa shape index (κ3) is 8.87. The molecule has 2 fully saturated rings. The van der Waals surface area contributed by atoms with Crippen LogP contribution in [0.3, 0.4) is 0 Å². The van der Waals surface area contributed by atoms with Gasteiger partial charge in [-0.3, -0.25) is 9.88 Å². The Labute approximate surface area is 250 Å². The van der Waals surface area contributed by atoms with Crippen molar-refractivity contribution in [3.8, 4) is 23.0 Å². The highest BCUT2D eigenvalue weighted by molar-refractivity contribution is 5.74. The molecule has 1 aliphatic heterocycles. The maximum absolute atomic E-state index is 6.30. The van der Waals surface area contributed by atoms with Crippen LogP contribution in [-0.4, -0.2) is 58.0 Å². The summed E-state index contributed by atoms with van der Waals surface area (Å²) in [7, 11) is 2.18. The Balaban J connectivity index is 0.000000524. The third-order valence-electron chi connectivity index (χ3n) is 7.76. The smallest absolute Gasteiger partial charge is 0.229 e. The lowest BCUT2D eigenvalue weighted by atomic mass is 10.0. The summed E-state index contributed by atoms with van der Waals surface area (Å²) in [4.78, 5) is 17.8. The van der Waals surface area contributed by atoms with Crippen LogP contribution >= 0.6 is 0 Å². The van der Waals surface area contributed by atoms with Crippen LogP contribution in [0.4, 0.5) is 17.5 Å². The Kier molecular flexibility index (Phi) is 10.5. The second-order valence-corrected chi connectivity index (χ2v) is 11.1. The van der Waals surface area contributed by atoms with Crippen molar-refractivity contribution in [1.82, 2.24) is 24.8 Å². The Bertz CT molecular complexity index is 1430. The van der Waals surface area contributed by atoms with Gasteiger partial charge in [-0.15, -0.1) is 0 Å². The van der Waals surface area contributed by atoms with E-state index in [1.54, 1.807) is 18.6 Å². The van der Waals surface area contributed by atoms with E-state index in [9.17, 15) is 0 Å². The largest absolute Gasteiger partial charge is 0.383 e. The average Bonchev–Trinajstić information content (AvgIpc) is 3.04. The predicted octanol–water partition coefficient (Wildman–Crippen LogP) is 6.35. The van der Waals surface area contributed by atoms with Gasteiger partial charge < -0.3 is 16.0 Å². The van der Waals surface area contributed by atoms with E-state index >= 15 is 0 Å². The quantitative estimate of drug-likeness (QED) is 0.276. The second kappa shape index (κ2) is 15.1. The molecule has 0 amide bonds. The average molecular weight is 560 g/mol. The topological polar surface area (TPSA) is 83.2 Å². The van der Waals surface area contributed by atoms with Gasteiger partial charge in [-0.2, -0.15) is 4.98 Å².